The second-order valence-electron chi connectivity index (χ2n) is 7.59. The van der Waals surface area contributed by atoms with Crippen molar-refractivity contribution in [1.82, 2.24) is 4.57 Å². The minimum atomic E-state index is -0.751. The number of carboxylic acids is 1. The number of carbonyl (C=O) groups excluding carboxylic acids is 1. The van der Waals surface area contributed by atoms with E-state index in [2.05, 4.69) is 4.99 Å². The fourth-order valence-corrected chi connectivity index (χ4v) is 4.14. The highest BCUT2D eigenvalue weighted by atomic mass is 16.4. The first kappa shape index (κ1) is 19.9. The van der Waals surface area contributed by atoms with E-state index >= 15 is 0 Å². The predicted molar refractivity (Wildman–Crippen MR) is 114 cm³/mol. The average molecular weight is 404 g/mol. The van der Waals surface area contributed by atoms with Crippen molar-refractivity contribution in [2.75, 3.05) is 0 Å². The Bertz CT molecular complexity index is 1240. The molecule has 1 aliphatic rings. The molecule has 0 fully saturated rings. The molecule has 6 heteroatoms. The minimum Gasteiger partial charge on any atom is -0.494 e. The summed E-state index contributed by atoms with van der Waals surface area (Å²) in [6.45, 7) is 0.630. The van der Waals surface area contributed by atoms with Crippen molar-refractivity contribution >= 4 is 28.4 Å². The van der Waals surface area contributed by atoms with Gasteiger partial charge in [-0.3, -0.25) is 9.59 Å². The Morgan fingerprint density at radius 1 is 0.933 bits per heavy atom. The number of nitrogens with zero attached hydrogens (tertiary/aromatic N) is 2. The van der Waals surface area contributed by atoms with E-state index < -0.39 is 5.97 Å². The van der Waals surface area contributed by atoms with Crippen LogP contribution in [0.5, 0.6) is 5.88 Å². The van der Waals surface area contributed by atoms with Crippen LogP contribution in [0.4, 0.5) is 0 Å². The lowest BCUT2D eigenvalue weighted by Gasteiger charge is -2.07. The molecule has 2 aromatic carbocycles. The highest BCUT2D eigenvalue weighted by Gasteiger charge is 2.26. The molecule has 0 saturated heterocycles. The Balaban J connectivity index is 1.62. The largest absolute Gasteiger partial charge is 0.494 e. The van der Waals surface area contributed by atoms with Gasteiger partial charge in [-0.05, 0) is 25.0 Å². The standard InChI is InChI=1S/C24H24N2O4/c27-20(28)14-4-2-1-3-9-15-26-19-13-8-6-11-17(19)22(24(26)30)21-16-10-5-7-12-18(16)25-23(21)29/h5-8,10-13,30H,1-4,9,14-15H2,(H,27,28). The molecule has 1 aliphatic heterocycles. The van der Waals surface area contributed by atoms with Gasteiger partial charge >= 0.3 is 5.97 Å². The van der Waals surface area contributed by atoms with Crippen molar-refractivity contribution in [2.24, 2.45) is 4.99 Å². The van der Waals surface area contributed by atoms with Gasteiger partial charge in [0.15, 0.2) is 5.88 Å². The van der Waals surface area contributed by atoms with Crippen LogP contribution in [0.25, 0.3) is 16.5 Å². The van der Waals surface area contributed by atoms with Crippen LogP contribution in [-0.4, -0.2) is 26.7 Å². The van der Waals surface area contributed by atoms with Crippen LogP contribution in [0.2, 0.25) is 0 Å². The minimum absolute atomic E-state index is 0.0948. The quantitative estimate of drug-likeness (QED) is 0.536. The number of aromatic hydroxyl groups is 1. The van der Waals surface area contributed by atoms with Crippen molar-refractivity contribution < 1.29 is 19.8 Å². The third-order valence-corrected chi connectivity index (χ3v) is 5.58. The number of carboxylic acid groups (broad SMARTS) is 1. The summed E-state index contributed by atoms with van der Waals surface area (Å²) < 4.78 is 1.86. The number of rotatable bonds is 9. The summed E-state index contributed by atoms with van der Waals surface area (Å²) in [6.07, 6.45) is 4.58. The molecule has 0 saturated carbocycles. The lowest BCUT2D eigenvalue weighted by molar-refractivity contribution is -0.137. The first-order valence-corrected chi connectivity index (χ1v) is 10.3. The van der Waals surface area contributed by atoms with Gasteiger partial charge in [-0.1, -0.05) is 55.7 Å². The summed E-state index contributed by atoms with van der Waals surface area (Å²) >= 11 is 0. The highest BCUT2D eigenvalue weighted by Crippen LogP contribution is 2.36. The number of para-hydroxylation sites is 2. The smallest absolute Gasteiger partial charge is 0.303 e. The van der Waals surface area contributed by atoms with Gasteiger partial charge < -0.3 is 14.8 Å². The molecule has 4 rings (SSSR count). The van der Waals surface area contributed by atoms with Crippen LogP contribution in [0.15, 0.2) is 53.5 Å². The first-order valence-electron chi connectivity index (χ1n) is 10.3. The summed E-state index contributed by atoms with van der Waals surface area (Å²) in [6, 6.07) is 15.1. The molecule has 0 radical (unpaired) electrons. The Labute approximate surface area is 173 Å². The van der Waals surface area contributed by atoms with Crippen LogP contribution in [-0.2, 0) is 16.1 Å². The van der Waals surface area contributed by atoms with Crippen LogP contribution in [0, 0.1) is 0 Å². The number of amides is 1. The van der Waals surface area contributed by atoms with Crippen molar-refractivity contribution in [2.45, 2.75) is 45.1 Å². The van der Waals surface area contributed by atoms with Gasteiger partial charge in [-0.25, -0.2) is 4.99 Å². The summed E-state index contributed by atoms with van der Waals surface area (Å²) in [4.78, 5) is 27.4. The topological polar surface area (TPSA) is 91.9 Å². The van der Waals surface area contributed by atoms with E-state index in [1.165, 1.54) is 0 Å². The normalized spacial score (nSPS) is 12.9. The van der Waals surface area contributed by atoms with Gasteiger partial charge in [0.25, 0.3) is 5.91 Å². The SMILES string of the molecule is O=C(O)CCCCCCCn1c(O)c(C2=c3ccccc3=NC2=O)c2ccccc21. The number of unbranched alkanes of at least 4 members (excludes halogenated alkanes) is 4. The zero-order chi connectivity index (χ0) is 21.1. The van der Waals surface area contributed by atoms with Gasteiger partial charge in [-0.2, -0.15) is 0 Å². The summed E-state index contributed by atoms with van der Waals surface area (Å²) in [5.41, 5.74) is 1.89. The average Bonchev–Trinajstić information content (AvgIpc) is 3.20. The van der Waals surface area contributed by atoms with E-state index in [9.17, 15) is 14.7 Å². The van der Waals surface area contributed by atoms with Crippen LogP contribution in [0.1, 0.15) is 44.1 Å². The molecule has 6 nitrogen and oxygen atoms in total. The Morgan fingerprint density at radius 3 is 2.47 bits per heavy atom. The second kappa shape index (κ2) is 8.53. The van der Waals surface area contributed by atoms with E-state index in [1.807, 2.05) is 47.0 Å². The molecular weight excluding hydrogens is 380 g/mol. The number of hydrogen-bond acceptors (Lipinski definition) is 3. The molecule has 154 valence electrons. The van der Waals surface area contributed by atoms with Crippen LogP contribution >= 0.6 is 0 Å². The van der Waals surface area contributed by atoms with E-state index in [-0.39, 0.29) is 18.2 Å². The third kappa shape index (κ3) is 3.73. The molecule has 0 atom stereocenters. The summed E-state index contributed by atoms with van der Waals surface area (Å²) in [7, 11) is 0. The summed E-state index contributed by atoms with van der Waals surface area (Å²) in [5, 5.41) is 22.0. The van der Waals surface area contributed by atoms with Crippen molar-refractivity contribution in [3.8, 4) is 5.88 Å². The molecule has 1 aromatic heterocycles. The second-order valence-corrected chi connectivity index (χ2v) is 7.59. The lowest BCUT2D eigenvalue weighted by atomic mass is 10.0. The molecule has 3 aromatic rings. The Hall–Kier alpha value is -3.41. The summed E-state index contributed by atoms with van der Waals surface area (Å²) in [5.74, 6) is -0.983. The maximum Gasteiger partial charge on any atom is 0.303 e. The van der Waals surface area contributed by atoms with E-state index in [1.54, 1.807) is 6.07 Å². The van der Waals surface area contributed by atoms with Gasteiger partial charge in [-0.15, -0.1) is 0 Å². The van der Waals surface area contributed by atoms with E-state index in [0.717, 1.165) is 41.8 Å². The maximum atomic E-state index is 12.7. The van der Waals surface area contributed by atoms with Crippen molar-refractivity contribution in [3.63, 3.8) is 0 Å². The molecule has 0 spiro atoms. The number of benzene rings is 2. The van der Waals surface area contributed by atoms with Gasteiger partial charge in [0.05, 0.1) is 22.0 Å². The molecule has 2 heterocycles. The molecule has 2 N–H and O–H groups in total. The number of fused-ring (bicyclic) bond motifs is 2. The molecular formula is C24H24N2O4. The van der Waals surface area contributed by atoms with Crippen molar-refractivity contribution in [1.29, 1.82) is 0 Å². The third-order valence-electron chi connectivity index (χ3n) is 5.58. The molecule has 0 unspecified atom stereocenters. The Kier molecular flexibility index (Phi) is 5.65. The number of aryl methyl sites for hydroxylation is 1. The molecule has 1 amide bonds. The fraction of sp³-hybridized carbons (Fsp3) is 0.292. The maximum absolute atomic E-state index is 12.7. The zero-order valence-electron chi connectivity index (χ0n) is 16.7. The van der Waals surface area contributed by atoms with Gasteiger partial charge in [0.2, 0.25) is 0 Å². The first-order chi connectivity index (χ1) is 14.6. The van der Waals surface area contributed by atoms with Crippen LogP contribution in [0.3, 0.4) is 0 Å². The highest BCUT2D eigenvalue weighted by molar-refractivity contribution is 6.24. The molecule has 0 bridgehead atoms. The Morgan fingerprint density at radius 2 is 1.63 bits per heavy atom. The van der Waals surface area contributed by atoms with Gasteiger partial charge in [0, 0.05) is 23.6 Å². The van der Waals surface area contributed by atoms with Crippen molar-refractivity contribution in [3.05, 3.63) is 64.7 Å². The fourth-order valence-electron chi connectivity index (χ4n) is 4.14. The van der Waals surface area contributed by atoms with E-state index in [4.69, 9.17) is 5.11 Å². The number of hydrogen-bond donors (Lipinski definition) is 2. The zero-order valence-corrected chi connectivity index (χ0v) is 16.7. The number of carbonyl (C=O) groups is 2. The monoisotopic (exact) mass is 404 g/mol. The number of aliphatic carboxylic acids is 1. The van der Waals surface area contributed by atoms with Gasteiger partial charge in [0.1, 0.15) is 0 Å². The lowest BCUT2D eigenvalue weighted by Crippen LogP contribution is -2.22. The molecule has 0 aliphatic carbocycles. The number of aromatic nitrogens is 1. The predicted octanol–water partition coefficient (Wildman–Crippen LogP) is 3.13. The molecule has 30 heavy (non-hydrogen) atoms. The van der Waals surface area contributed by atoms with E-state index in [0.29, 0.717) is 29.5 Å². The van der Waals surface area contributed by atoms with Crippen LogP contribution < -0.4 is 10.6 Å².